The average Bonchev–Trinajstić information content (AvgIpc) is 2.42. The van der Waals surface area contributed by atoms with Gasteiger partial charge in [0, 0.05) is 17.5 Å². The van der Waals surface area contributed by atoms with Crippen LogP contribution >= 0.6 is 27.5 Å². The summed E-state index contributed by atoms with van der Waals surface area (Å²) in [5, 5.41) is 0.690. The van der Waals surface area contributed by atoms with Gasteiger partial charge in [-0.1, -0.05) is 11.6 Å². The minimum absolute atomic E-state index is 0.252. The summed E-state index contributed by atoms with van der Waals surface area (Å²) >= 11 is 9.31. The van der Waals surface area contributed by atoms with Gasteiger partial charge in [-0.15, -0.1) is 0 Å². The first-order valence-electron chi connectivity index (χ1n) is 6.44. The molecule has 5 heteroatoms. The number of rotatable bonds is 5. The minimum Gasteiger partial charge on any atom is -0.491 e. The summed E-state index contributed by atoms with van der Waals surface area (Å²) in [5.41, 5.74) is 0. The Morgan fingerprint density at radius 2 is 2.16 bits per heavy atom. The highest BCUT2D eigenvalue weighted by atomic mass is 79.9. The molecule has 0 atom stereocenters. The van der Waals surface area contributed by atoms with Gasteiger partial charge < -0.3 is 9.53 Å². The first-order chi connectivity index (χ1) is 9.19. The van der Waals surface area contributed by atoms with Crippen molar-refractivity contribution in [1.29, 1.82) is 0 Å². The SMILES string of the molecule is O=CC1CCN(CCOc2ccc(Cl)cc2Br)CC1. The molecular weight excluding hydrogens is 330 g/mol. The summed E-state index contributed by atoms with van der Waals surface area (Å²) in [5.74, 6) is 1.06. The van der Waals surface area contributed by atoms with Gasteiger partial charge in [0.05, 0.1) is 4.47 Å². The number of carbonyl (C=O) groups is 1. The predicted molar refractivity (Wildman–Crippen MR) is 79.9 cm³/mol. The summed E-state index contributed by atoms with van der Waals surface area (Å²) < 4.78 is 6.61. The highest BCUT2D eigenvalue weighted by Gasteiger charge is 2.18. The molecule has 1 aliphatic rings. The van der Waals surface area contributed by atoms with Crippen molar-refractivity contribution >= 4 is 33.8 Å². The molecule has 1 fully saturated rings. The van der Waals surface area contributed by atoms with E-state index in [2.05, 4.69) is 20.8 Å². The van der Waals surface area contributed by atoms with Crippen molar-refractivity contribution in [2.45, 2.75) is 12.8 Å². The van der Waals surface area contributed by atoms with Gasteiger partial charge in [0.25, 0.3) is 0 Å². The van der Waals surface area contributed by atoms with Crippen LogP contribution in [-0.2, 0) is 4.79 Å². The van der Waals surface area contributed by atoms with Crippen LogP contribution in [0.25, 0.3) is 0 Å². The first kappa shape index (κ1) is 14.8. The van der Waals surface area contributed by atoms with E-state index < -0.39 is 0 Å². The number of halogens is 2. The second-order valence-corrected chi connectivity index (χ2v) is 6.03. The number of likely N-dealkylation sites (tertiary alicyclic amines) is 1. The van der Waals surface area contributed by atoms with Gasteiger partial charge in [0.1, 0.15) is 18.6 Å². The fraction of sp³-hybridized carbons (Fsp3) is 0.500. The molecule has 1 aromatic rings. The first-order valence-corrected chi connectivity index (χ1v) is 7.61. The Bertz CT molecular complexity index is 433. The van der Waals surface area contributed by atoms with Crippen LogP contribution < -0.4 is 4.74 Å². The van der Waals surface area contributed by atoms with Gasteiger partial charge in [0.2, 0.25) is 0 Å². The van der Waals surface area contributed by atoms with Crippen LogP contribution in [0.1, 0.15) is 12.8 Å². The monoisotopic (exact) mass is 345 g/mol. The van der Waals surface area contributed by atoms with E-state index in [4.69, 9.17) is 16.3 Å². The molecule has 0 aromatic heterocycles. The summed E-state index contributed by atoms with van der Waals surface area (Å²) in [7, 11) is 0. The zero-order chi connectivity index (χ0) is 13.7. The number of hydrogen-bond donors (Lipinski definition) is 0. The van der Waals surface area contributed by atoms with Crippen LogP contribution in [0.4, 0.5) is 0 Å². The zero-order valence-corrected chi connectivity index (χ0v) is 13.0. The summed E-state index contributed by atoms with van der Waals surface area (Å²) in [4.78, 5) is 13.0. The molecule has 1 saturated heterocycles. The van der Waals surface area contributed by atoms with E-state index in [0.717, 1.165) is 49.0 Å². The topological polar surface area (TPSA) is 29.5 Å². The van der Waals surface area contributed by atoms with Gasteiger partial charge in [-0.05, 0) is 60.1 Å². The smallest absolute Gasteiger partial charge is 0.133 e. The highest BCUT2D eigenvalue weighted by molar-refractivity contribution is 9.10. The van der Waals surface area contributed by atoms with E-state index in [-0.39, 0.29) is 5.92 Å². The molecule has 0 radical (unpaired) electrons. The van der Waals surface area contributed by atoms with Crippen molar-refractivity contribution in [3.63, 3.8) is 0 Å². The second-order valence-electron chi connectivity index (χ2n) is 4.74. The van der Waals surface area contributed by atoms with E-state index in [9.17, 15) is 4.79 Å². The predicted octanol–water partition coefficient (Wildman–Crippen LogP) is 3.39. The molecule has 0 unspecified atom stereocenters. The Morgan fingerprint density at radius 3 is 2.79 bits per heavy atom. The van der Waals surface area contributed by atoms with Crippen molar-refractivity contribution in [3.8, 4) is 5.75 Å². The summed E-state index contributed by atoms with van der Waals surface area (Å²) in [6, 6.07) is 5.51. The zero-order valence-electron chi connectivity index (χ0n) is 10.6. The second kappa shape index (κ2) is 7.27. The van der Waals surface area contributed by atoms with Crippen molar-refractivity contribution in [2.75, 3.05) is 26.2 Å². The summed E-state index contributed by atoms with van der Waals surface area (Å²) in [6.07, 6.45) is 3.01. The molecule has 1 aromatic carbocycles. The Hall–Kier alpha value is -0.580. The van der Waals surface area contributed by atoms with Crippen LogP contribution in [0.5, 0.6) is 5.75 Å². The molecule has 0 bridgehead atoms. The quantitative estimate of drug-likeness (QED) is 0.765. The number of aldehydes is 1. The van der Waals surface area contributed by atoms with E-state index in [0.29, 0.717) is 11.6 Å². The van der Waals surface area contributed by atoms with Crippen molar-refractivity contribution in [3.05, 3.63) is 27.7 Å². The van der Waals surface area contributed by atoms with Gasteiger partial charge in [-0.25, -0.2) is 0 Å². The number of ether oxygens (including phenoxy) is 1. The van der Waals surface area contributed by atoms with Crippen LogP contribution in [-0.4, -0.2) is 37.4 Å². The van der Waals surface area contributed by atoms with Crippen molar-refractivity contribution in [1.82, 2.24) is 4.90 Å². The standard InChI is InChI=1S/C14H17BrClNO2/c15-13-9-12(16)1-2-14(13)19-8-7-17-5-3-11(10-18)4-6-17/h1-2,9-11H,3-8H2. The molecular formula is C14H17BrClNO2. The number of hydrogen-bond acceptors (Lipinski definition) is 3. The molecule has 0 saturated carbocycles. The molecule has 1 heterocycles. The third-order valence-corrected chi connectivity index (χ3v) is 4.24. The molecule has 1 aliphatic heterocycles. The maximum Gasteiger partial charge on any atom is 0.133 e. The Morgan fingerprint density at radius 1 is 1.42 bits per heavy atom. The fourth-order valence-corrected chi connectivity index (χ4v) is 2.99. The highest BCUT2D eigenvalue weighted by Crippen LogP contribution is 2.27. The lowest BCUT2D eigenvalue weighted by molar-refractivity contribution is -0.112. The lowest BCUT2D eigenvalue weighted by Gasteiger charge is -2.29. The van der Waals surface area contributed by atoms with Crippen LogP contribution in [0, 0.1) is 5.92 Å². The van der Waals surface area contributed by atoms with Crippen LogP contribution in [0.15, 0.2) is 22.7 Å². The Labute approximate surface area is 127 Å². The van der Waals surface area contributed by atoms with Crippen LogP contribution in [0.3, 0.4) is 0 Å². The van der Waals surface area contributed by atoms with E-state index in [1.165, 1.54) is 0 Å². The Kier molecular flexibility index (Phi) is 5.67. The number of carbonyl (C=O) groups excluding carboxylic acids is 1. The molecule has 0 N–H and O–H groups in total. The third kappa shape index (κ3) is 4.48. The Balaban J connectivity index is 1.73. The molecule has 0 spiro atoms. The summed E-state index contributed by atoms with van der Waals surface area (Å²) in [6.45, 7) is 3.50. The fourth-order valence-electron chi connectivity index (χ4n) is 2.19. The van der Waals surface area contributed by atoms with Crippen molar-refractivity contribution < 1.29 is 9.53 Å². The molecule has 2 rings (SSSR count). The molecule has 0 amide bonds. The van der Waals surface area contributed by atoms with Gasteiger partial charge in [-0.2, -0.15) is 0 Å². The van der Waals surface area contributed by atoms with Gasteiger partial charge >= 0.3 is 0 Å². The van der Waals surface area contributed by atoms with E-state index in [1.807, 2.05) is 18.2 Å². The van der Waals surface area contributed by atoms with Crippen LogP contribution in [0.2, 0.25) is 5.02 Å². The normalized spacial score (nSPS) is 17.4. The lowest BCUT2D eigenvalue weighted by Crippen LogP contribution is -2.36. The van der Waals surface area contributed by atoms with Crippen molar-refractivity contribution in [2.24, 2.45) is 5.92 Å². The largest absolute Gasteiger partial charge is 0.491 e. The number of benzene rings is 1. The average molecular weight is 347 g/mol. The van der Waals surface area contributed by atoms with Gasteiger partial charge in [-0.3, -0.25) is 4.90 Å². The maximum absolute atomic E-state index is 10.7. The molecule has 19 heavy (non-hydrogen) atoms. The molecule has 0 aliphatic carbocycles. The van der Waals surface area contributed by atoms with Gasteiger partial charge in [0.15, 0.2) is 0 Å². The lowest BCUT2D eigenvalue weighted by atomic mass is 9.99. The maximum atomic E-state index is 10.7. The number of nitrogens with zero attached hydrogens (tertiary/aromatic N) is 1. The minimum atomic E-state index is 0.252. The van der Waals surface area contributed by atoms with E-state index >= 15 is 0 Å². The van der Waals surface area contributed by atoms with E-state index in [1.54, 1.807) is 0 Å². The number of piperidine rings is 1. The molecule has 3 nitrogen and oxygen atoms in total. The third-order valence-electron chi connectivity index (χ3n) is 3.38. The molecule has 104 valence electrons.